The summed E-state index contributed by atoms with van der Waals surface area (Å²) in [5, 5.41) is 1.44. The molecule has 0 aromatic carbocycles. The number of aryl methyl sites for hydroxylation is 1. The summed E-state index contributed by atoms with van der Waals surface area (Å²) in [5.41, 5.74) is 0. The van der Waals surface area contributed by atoms with Crippen LogP contribution in [-0.4, -0.2) is 74.3 Å². The van der Waals surface area contributed by atoms with Crippen LogP contribution in [0.2, 0.25) is 0 Å². The molecular weight excluding hydrogens is 428 g/mol. The van der Waals surface area contributed by atoms with Crippen molar-refractivity contribution >= 4 is 37.4 Å². The number of carbonyl (C=O) groups is 1. The Morgan fingerprint density at radius 2 is 1.75 bits per heavy atom. The van der Waals surface area contributed by atoms with Crippen molar-refractivity contribution in [1.82, 2.24) is 18.2 Å². The highest BCUT2D eigenvalue weighted by Crippen LogP contribution is 2.27. The van der Waals surface area contributed by atoms with Crippen LogP contribution >= 0.6 is 11.3 Å². The van der Waals surface area contributed by atoms with Crippen LogP contribution in [0.3, 0.4) is 0 Å². The number of thiophene rings is 1. The van der Waals surface area contributed by atoms with Crippen LogP contribution in [-0.2, 0) is 31.8 Å². The Labute approximate surface area is 167 Å². The molecule has 28 heavy (non-hydrogen) atoms. The van der Waals surface area contributed by atoms with Gasteiger partial charge in [-0.25, -0.2) is 26.6 Å². The predicted molar refractivity (Wildman–Crippen MR) is 101 cm³/mol. The van der Waals surface area contributed by atoms with Gasteiger partial charge in [0.2, 0.25) is 10.0 Å². The third-order valence-electron chi connectivity index (χ3n) is 4.32. The third-order valence-corrected chi connectivity index (χ3v) is 9.07. The molecule has 13 heteroatoms. The van der Waals surface area contributed by atoms with E-state index in [2.05, 4.69) is 9.72 Å². The lowest BCUT2D eigenvalue weighted by atomic mass is 10.4. The van der Waals surface area contributed by atoms with Crippen molar-refractivity contribution in [1.29, 1.82) is 0 Å². The summed E-state index contributed by atoms with van der Waals surface area (Å²) in [7, 11) is -4.91. The molecule has 0 amide bonds. The zero-order chi connectivity index (χ0) is 20.5. The van der Waals surface area contributed by atoms with Gasteiger partial charge in [-0.3, -0.25) is 0 Å². The highest BCUT2D eigenvalue weighted by atomic mass is 32.2. The largest absolute Gasteiger partial charge is 0.465 e. The Hall–Kier alpha value is -1.80. The van der Waals surface area contributed by atoms with Crippen LogP contribution in [0.4, 0.5) is 0 Å². The Kier molecular flexibility index (Phi) is 5.91. The average molecular weight is 449 g/mol. The van der Waals surface area contributed by atoms with Crippen molar-refractivity contribution in [2.45, 2.75) is 16.3 Å². The molecular formula is C15H20N4O6S3. The van der Waals surface area contributed by atoms with Crippen LogP contribution < -0.4 is 0 Å². The lowest BCUT2D eigenvalue weighted by molar-refractivity contribution is 0.0602. The standard InChI is InChI=1S/C15H20N4O6S3/c1-17-10-13(16-11-17)28(23,24)19-6-3-5-18(7-8-19)27(21,22)12-4-9-26-14(12)15(20)25-2/h4,9-11H,3,5-8H2,1-2H3. The maximum atomic E-state index is 13.0. The minimum absolute atomic E-state index is 0.00413. The lowest BCUT2D eigenvalue weighted by Gasteiger charge is -2.21. The molecule has 0 saturated carbocycles. The number of ether oxygens (including phenoxy) is 1. The van der Waals surface area contributed by atoms with E-state index in [0.29, 0.717) is 6.42 Å². The second kappa shape index (κ2) is 7.91. The first kappa shape index (κ1) is 20.9. The van der Waals surface area contributed by atoms with E-state index >= 15 is 0 Å². The first-order valence-electron chi connectivity index (χ1n) is 8.32. The number of hydrogen-bond donors (Lipinski definition) is 0. The second-order valence-corrected chi connectivity index (χ2v) is 10.9. The normalized spacial score (nSPS) is 17.4. The third kappa shape index (κ3) is 3.85. The van der Waals surface area contributed by atoms with E-state index in [1.54, 1.807) is 7.05 Å². The van der Waals surface area contributed by atoms with E-state index in [-0.39, 0.29) is 41.0 Å². The number of methoxy groups -OCH3 is 1. The van der Waals surface area contributed by atoms with Gasteiger partial charge in [0, 0.05) is 39.4 Å². The zero-order valence-electron chi connectivity index (χ0n) is 15.3. The van der Waals surface area contributed by atoms with Crippen molar-refractivity contribution < 1.29 is 26.4 Å². The quantitative estimate of drug-likeness (QED) is 0.606. The predicted octanol–water partition coefficient (Wildman–Crippen LogP) is 0.353. The Bertz CT molecular complexity index is 1070. The summed E-state index contributed by atoms with van der Waals surface area (Å²) in [6.07, 6.45) is 3.12. The van der Waals surface area contributed by atoms with Crippen LogP contribution in [0.1, 0.15) is 16.1 Å². The van der Waals surface area contributed by atoms with Gasteiger partial charge in [-0.1, -0.05) is 0 Å². The number of aromatic nitrogens is 2. The highest BCUT2D eigenvalue weighted by Gasteiger charge is 2.35. The number of carbonyl (C=O) groups excluding carboxylic acids is 1. The molecule has 1 aliphatic rings. The molecule has 0 radical (unpaired) electrons. The van der Waals surface area contributed by atoms with Crippen molar-refractivity contribution in [2.75, 3.05) is 33.3 Å². The van der Waals surface area contributed by atoms with Crippen molar-refractivity contribution in [3.8, 4) is 0 Å². The lowest BCUT2D eigenvalue weighted by Crippen LogP contribution is -2.37. The van der Waals surface area contributed by atoms with Crippen LogP contribution in [0, 0.1) is 0 Å². The SMILES string of the molecule is COC(=O)c1sccc1S(=O)(=O)N1CCCN(S(=O)(=O)c2cn(C)cn2)CC1. The van der Waals surface area contributed by atoms with E-state index in [0.717, 1.165) is 11.3 Å². The summed E-state index contributed by atoms with van der Waals surface area (Å²) < 4.78 is 60.1. The fourth-order valence-electron chi connectivity index (χ4n) is 2.89. The van der Waals surface area contributed by atoms with Gasteiger partial charge in [0.1, 0.15) is 9.77 Å². The number of imidazole rings is 1. The number of esters is 1. The van der Waals surface area contributed by atoms with E-state index in [4.69, 9.17) is 0 Å². The molecule has 0 atom stereocenters. The summed E-state index contributed by atoms with van der Waals surface area (Å²) in [6.45, 7) is 0.298. The molecule has 0 N–H and O–H groups in total. The monoisotopic (exact) mass is 448 g/mol. The van der Waals surface area contributed by atoms with Gasteiger partial charge in [-0.2, -0.15) is 8.61 Å². The molecule has 154 valence electrons. The van der Waals surface area contributed by atoms with E-state index in [1.807, 2.05) is 0 Å². The molecule has 3 heterocycles. The Balaban J connectivity index is 1.82. The van der Waals surface area contributed by atoms with Crippen molar-refractivity contribution in [3.05, 3.63) is 28.8 Å². The molecule has 0 aliphatic carbocycles. The Morgan fingerprint density at radius 3 is 2.32 bits per heavy atom. The molecule has 3 rings (SSSR count). The van der Waals surface area contributed by atoms with Crippen molar-refractivity contribution in [3.63, 3.8) is 0 Å². The Morgan fingerprint density at radius 1 is 1.11 bits per heavy atom. The van der Waals surface area contributed by atoms with E-state index < -0.39 is 26.0 Å². The van der Waals surface area contributed by atoms with Gasteiger partial charge in [-0.15, -0.1) is 11.3 Å². The van der Waals surface area contributed by atoms with Gasteiger partial charge in [0.25, 0.3) is 10.0 Å². The highest BCUT2D eigenvalue weighted by molar-refractivity contribution is 7.89. The minimum atomic E-state index is -3.96. The van der Waals surface area contributed by atoms with Crippen LogP contribution in [0.15, 0.2) is 33.9 Å². The summed E-state index contributed by atoms with van der Waals surface area (Å²) >= 11 is 0.985. The summed E-state index contributed by atoms with van der Waals surface area (Å²) in [4.78, 5) is 15.6. The minimum Gasteiger partial charge on any atom is -0.465 e. The number of hydrogen-bond acceptors (Lipinski definition) is 8. The maximum Gasteiger partial charge on any atom is 0.349 e. The fourth-order valence-corrected chi connectivity index (χ4v) is 7.10. The first-order chi connectivity index (χ1) is 13.2. The van der Waals surface area contributed by atoms with Gasteiger partial charge < -0.3 is 9.30 Å². The number of rotatable bonds is 5. The topological polar surface area (TPSA) is 119 Å². The van der Waals surface area contributed by atoms with Crippen molar-refractivity contribution in [2.24, 2.45) is 7.05 Å². The average Bonchev–Trinajstić information content (AvgIpc) is 3.24. The first-order valence-corrected chi connectivity index (χ1v) is 12.1. The molecule has 2 aromatic rings. The summed E-state index contributed by atoms with van der Waals surface area (Å²) in [5.74, 6) is -0.720. The van der Waals surface area contributed by atoms with Gasteiger partial charge >= 0.3 is 5.97 Å². The molecule has 0 bridgehead atoms. The summed E-state index contributed by atoms with van der Waals surface area (Å²) in [6, 6.07) is 1.36. The van der Waals surface area contributed by atoms with Crippen LogP contribution in [0.5, 0.6) is 0 Å². The smallest absolute Gasteiger partial charge is 0.349 e. The number of nitrogens with zero attached hydrogens (tertiary/aromatic N) is 4. The van der Waals surface area contributed by atoms with Gasteiger partial charge in [0.05, 0.1) is 13.4 Å². The molecule has 0 unspecified atom stereocenters. The fraction of sp³-hybridized carbons (Fsp3) is 0.467. The van der Waals surface area contributed by atoms with Gasteiger partial charge in [-0.05, 0) is 17.9 Å². The second-order valence-electron chi connectivity index (χ2n) is 6.14. The molecule has 1 aliphatic heterocycles. The van der Waals surface area contributed by atoms with Gasteiger partial charge in [0.15, 0.2) is 5.03 Å². The zero-order valence-corrected chi connectivity index (χ0v) is 17.8. The molecule has 1 saturated heterocycles. The molecule has 10 nitrogen and oxygen atoms in total. The van der Waals surface area contributed by atoms with E-state index in [9.17, 15) is 21.6 Å². The molecule has 0 spiro atoms. The molecule has 1 fully saturated rings. The van der Waals surface area contributed by atoms with Crippen LogP contribution in [0.25, 0.3) is 0 Å². The molecule has 2 aromatic heterocycles. The maximum absolute atomic E-state index is 13.0. The van der Waals surface area contributed by atoms with E-state index in [1.165, 1.54) is 44.3 Å². The number of sulfonamides is 2.